The van der Waals surface area contributed by atoms with Crippen LogP contribution in [0.15, 0.2) is 0 Å². The summed E-state index contributed by atoms with van der Waals surface area (Å²) in [5.41, 5.74) is 0. The summed E-state index contributed by atoms with van der Waals surface area (Å²) in [6.45, 7) is 3.49. The second-order valence-electron chi connectivity index (χ2n) is 4.10. The van der Waals surface area contributed by atoms with Gasteiger partial charge in [-0.05, 0) is 25.2 Å². The number of rotatable bonds is 2. The quantitative estimate of drug-likeness (QED) is 0.608. The number of esters is 1. The van der Waals surface area contributed by atoms with Gasteiger partial charge in [-0.15, -0.1) is 0 Å². The Labute approximate surface area is 78.4 Å². The number of ether oxygens (including phenoxy) is 2. The van der Waals surface area contributed by atoms with Gasteiger partial charge in [-0.1, -0.05) is 6.92 Å². The molecule has 0 amide bonds. The molecule has 2 fully saturated rings. The Balaban J connectivity index is 1.73. The second kappa shape index (κ2) is 3.66. The van der Waals surface area contributed by atoms with Gasteiger partial charge in [-0.3, -0.25) is 4.79 Å². The van der Waals surface area contributed by atoms with Crippen molar-refractivity contribution in [2.45, 2.75) is 32.3 Å². The number of hydrogen-bond acceptors (Lipinski definition) is 3. The summed E-state index contributed by atoms with van der Waals surface area (Å²) in [5, 5.41) is 0. The number of carbonyl (C=O) groups is 1. The van der Waals surface area contributed by atoms with Crippen molar-refractivity contribution in [1.29, 1.82) is 0 Å². The molecule has 3 heteroatoms. The zero-order valence-corrected chi connectivity index (χ0v) is 7.99. The van der Waals surface area contributed by atoms with Gasteiger partial charge >= 0.3 is 5.97 Å². The molecule has 1 saturated heterocycles. The molecule has 74 valence electrons. The van der Waals surface area contributed by atoms with Gasteiger partial charge in [0, 0.05) is 6.61 Å². The zero-order valence-electron chi connectivity index (χ0n) is 7.99. The van der Waals surface area contributed by atoms with Crippen LogP contribution in [-0.4, -0.2) is 25.3 Å². The Kier molecular flexibility index (Phi) is 2.54. The first-order valence-corrected chi connectivity index (χ1v) is 5.05. The monoisotopic (exact) mass is 184 g/mol. The lowest BCUT2D eigenvalue weighted by Crippen LogP contribution is -2.28. The van der Waals surface area contributed by atoms with Crippen molar-refractivity contribution in [2.75, 3.05) is 13.2 Å². The van der Waals surface area contributed by atoms with Gasteiger partial charge in [-0.2, -0.15) is 0 Å². The lowest BCUT2D eigenvalue weighted by atomic mass is 10.2. The Morgan fingerprint density at radius 3 is 2.85 bits per heavy atom. The molecule has 2 rings (SSSR count). The SMILES string of the molecule is C[C@@H]1C[C@H]1C(=O)OC1CCCOC1. The predicted octanol–water partition coefficient (Wildman–Crippen LogP) is 1.36. The van der Waals surface area contributed by atoms with E-state index >= 15 is 0 Å². The molecule has 1 aliphatic carbocycles. The van der Waals surface area contributed by atoms with Crippen molar-refractivity contribution in [1.82, 2.24) is 0 Å². The zero-order chi connectivity index (χ0) is 9.26. The minimum atomic E-state index is -0.0111. The Morgan fingerprint density at radius 2 is 2.31 bits per heavy atom. The Bertz CT molecular complexity index is 196. The Morgan fingerprint density at radius 1 is 1.54 bits per heavy atom. The Hall–Kier alpha value is -0.570. The predicted molar refractivity (Wildman–Crippen MR) is 47.2 cm³/mol. The maximum atomic E-state index is 11.4. The molecule has 0 spiro atoms. The second-order valence-corrected chi connectivity index (χ2v) is 4.10. The van der Waals surface area contributed by atoms with Crippen LogP contribution in [0.5, 0.6) is 0 Å². The largest absolute Gasteiger partial charge is 0.460 e. The number of carbonyl (C=O) groups excluding carboxylic acids is 1. The lowest BCUT2D eigenvalue weighted by Gasteiger charge is -2.22. The molecule has 0 aromatic carbocycles. The van der Waals surface area contributed by atoms with Gasteiger partial charge in [0.1, 0.15) is 6.10 Å². The molecule has 0 aromatic heterocycles. The van der Waals surface area contributed by atoms with Crippen LogP contribution in [0.2, 0.25) is 0 Å². The van der Waals surface area contributed by atoms with Crippen LogP contribution in [-0.2, 0) is 14.3 Å². The molecule has 0 radical (unpaired) electrons. The summed E-state index contributed by atoms with van der Waals surface area (Å²) in [4.78, 5) is 11.4. The smallest absolute Gasteiger partial charge is 0.309 e. The van der Waals surface area contributed by atoms with E-state index in [1.165, 1.54) is 0 Å². The van der Waals surface area contributed by atoms with Crippen molar-refractivity contribution < 1.29 is 14.3 Å². The topological polar surface area (TPSA) is 35.5 Å². The van der Waals surface area contributed by atoms with Gasteiger partial charge < -0.3 is 9.47 Å². The highest BCUT2D eigenvalue weighted by molar-refractivity contribution is 5.75. The maximum absolute atomic E-state index is 11.4. The summed E-state index contributed by atoms with van der Waals surface area (Å²) in [7, 11) is 0. The molecule has 1 unspecified atom stereocenters. The van der Waals surface area contributed by atoms with Crippen LogP contribution < -0.4 is 0 Å². The van der Waals surface area contributed by atoms with Gasteiger partial charge in [-0.25, -0.2) is 0 Å². The highest BCUT2D eigenvalue weighted by Crippen LogP contribution is 2.39. The molecule has 2 aliphatic rings. The first-order chi connectivity index (χ1) is 6.27. The van der Waals surface area contributed by atoms with Gasteiger partial charge in [0.05, 0.1) is 12.5 Å². The van der Waals surface area contributed by atoms with E-state index < -0.39 is 0 Å². The van der Waals surface area contributed by atoms with Crippen LogP contribution in [0.1, 0.15) is 26.2 Å². The van der Waals surface area contributed by atoms with Crippen LogP contribution >= 0.6 is 0 Å². The molecule has 13 heavy (non-hydrogen) atoms. The minimum Gasteiger partial charge on any atom is -0.460 e. The van der Waals surface area contributed by atoms with E-state index in [2.05, 4.69) is 6.92 Å². The van der Waals surface area contributed by atoms with E-state index in [4.69, 9.17) is 9.47 Å². The van der Waals surface area contributed by atoms with E-state index in [1.54, 1.807) is 0 Å². The maximum Gasteiger partial charge on any atom is 0.309 e. The minimum absolute atomic E-state index is 0.0111. The van der Waals surface area contributed by atoms with E-state index in [0.29, 0.717) is 12.5 Å². The summed E-state index contributed by atoms with van der Waals surface area (Å²) < 4.78 is 10.6. The normalized spacial score (nSPS) is 38.4. The van der Waals surface area contributed by atoms with E-state index in [9.17, 15) is 4.79 Å². The summed E-state index contributed by atoms with van der Waals surface area (Å²) in [6.07, 6.45) is 3.01. The van der Waals surface area contributed by atoms with Crippen LogP contribution in [0.3, 0.4) is 0 Å². The third kappa shape index (κ3) is 2.21. The van der Waals surface area contributed by atoms with Crippen molar-refractivity contribution in [3.63, 3.8) is 0 Å². The summed E-state index contributed by atoms with van der Waals surface area (Å²) in [6, 6.07) is 0. The molecule has 3 atom stereocenters. The lowest BCUT2D eigenvalue weighted by molar-refractivity contribution is -0.157. The van der Waals surface area contributed by atoms with Crippen LogP contribution in [0, 0.1) is 11.8 Å². The molecule has 0 bridgehead atoms. The molecule has 0 N–H and O–H groups in total. The van der Waals surface area contributed by atoms with Crippen molar-refractivity contribution in [3.8, 4) is 0 Å². The van der Waals surface area contributed by atoms with Crippen molar-refractivity contribution >= 4 is 5.97 Å². The highest BCUT2D eigenvalue weighted by Gasteiger charge is 2.41. The molecular formula is C10H16O3. The fourth-order valence-corrected chi connectivity index (χ4v) is 1.71. The summed E-state index contributed by atoms with van der Waals surface area (Å²) >= 11 is 0. The average molecular weight is 184 g/mol. The highest BCUT2D eigenvalue weighted by atomic mass is 16.6. The van der Waals surface area contributed by atoms with Crippen LogP contribution in [0.25, 0.3) is 0 Å². The van der Waals surface area contributed by atoms with E-state index in [0.717, 1.165) is 25.9 Å². The van der Waals surface area contributed by atoms with Gasteiger partial charge in [0.15, 0.2) is 0 Å². The third-order valence-corrected chi connectivity index (χ3v) is 2.81. The summed E-state index contributed by atoms with van der Waals surface area (Å²) in [5.74, 6) is 0.710. The third-order valence-electron chi connectivity index (χ3n) is 2.81. The molecule has 3 nitrogen and oxygen atoms in total. The van der Waals surface area contributed by atoms with Gasteiger partial charge in [0.2, 0.25) is 0 Å². The van der Waals surface area contributed by atoms with Crippen LogP contribution in [0.4, 0.5) is 0 Å². The van der Waals surface area contributed by atoms with E-state index in [1.807, 2.05) is 0 Å². The van der Waals surface area contributed by atoms with Crippen molar-refractivity contribution in [2.24, 2.45) is 11.8 Å². The molecule has 1 aliphatic heterocycles. The van der Waals surface area contributed by atoms with Crippen molar-refractivity contribution in [3.05, 3.63) is 0 Å². The molecule has 0 aromatic rings. The molecule has 1 heterocycles. The molecule has 1 saturated carbocycles. The van der Waals surface area contributed by atoms with E-state index in [-0.39, 0.29) is 18.0 Å². The average Bonchev–Trinajstić information content (AvgIpc) is 2.84. The fourth-order valence-electron chi connectivity index (χ4n) is 1.71. The fraction of sp³-hybridized carbons (Fsp3) is 0.900. The first-order valence-electron chi connectivity index (χ1n) is 5.05. The van der Waals surface area contributed by atoms with Gasteiger partial charge in [0.25, 0.3) is 0 Å². The first kappa shape index (κ1) is 9.00. The molecular weight excluding hydrogens is 168 g/mol. The standard InChI is InChI=1S/C10H16O3/c1-7-5-9(7)10(11)13-8-3-2-4-12-6-8/h7-9H,2-6H2,1H3/t7-,8?,9-/m1/s1. The number of hydrogen-bond donors (Lipinski definition) is 0.